The third kappa shape index (κ3) is 6.99. The highest BCUT2D eigenvalue weighted by Gasteiger charge is 2.13. The van der Waals surface area contributed by atoms with E-state index in [9.17, 15) is 8.42 Å². The Bertz CT molecular complexity index is 841. The molecular weight excluding hydrogens is 378 g/mol. The third-order valence-electron chi connectivity index (χ3n) is 4.10. The summed E-state index contributed by atoms with van der Waals surface area (Å²) in [5.74, 6) is 0.171. The van der Waals surface area contributed by atoms with Gasteiger partial charge in [-0.05, 0) is 55.7 Å². The van der Waals surface area contributed by atoms with Gasteiger partial charge >= 0.3 is 10.4 Å². The van der Waals surface area contributed by atoms with Crippen LogP contribution in [0, 0.1) is 0 Å². The predicted octanol–water partition coefficient (Wildman–Crippen LogP) is 3.73. The number of anilines is 1. The maximum Gasteiger partial charge on any atom is 0.449 e. The first-order chi connectivity index (χ1) is 13.5. The lowest BCUT2D eigenvalue weighted by atomic mass is 10.1. The van der Waals surface area contributed by atoms with E-state index in [1.54, 1.807) is 24.3 Å². The zero-order valence-electron chi connectivity index (χ0n) is 16.2. The summed E-state index contributed by atoms with van der Waals surface area (Å²) in [7, 11) is -4.12. The molecule has 1 N–H and O–H groups in total. The van der Waals surface area contributed by atoms with Crippen molar-refractivity contribution in [3.63, 3.8) is 0 Å². The van der Waals surface area contributed by atoms with Crippen molar-refractivity contribution in [2.24, 2.45) is 0 Å². The molecule has 0 radical (unpaired) electrons. The molecule has 0 saturated heterocycles. The Balaban J connectivity index is 1.96. The molecule has 0 bridgehead atoms. The molecule has 6 nitrogen and oxygen atoms in total. The molecule has 0 spiro atoms. The molecule has 0 fully saturated rings. The monoisotopic (exact) mass is 405 g/mol. The molecule has 0 aromatic heterocycles. The van der Waals surface area contributed by atoms with Gasteiger partial charge in [-0.25, -0.2) is 4.18 Å². The molecule has 0 atom stereocenters. The standard InChI is InChI=1S/C21H27NO5S/c1-3-22(4-2)20-12-8-18(9-13-20)6-7-19-10-14-21(15-11-19)27-28(24,25)26-17-5-16-23/h6-15,23H,3-5,16-17H2,1-2H3/b7-6+. The molecule has 2 rings (SSSR count). The first-order valence-corrected chi connectivity index (χ1v) is 10.6. The fourth-order valence-corrected chi connectivity index (χ4v) is 3.30. The summed E-state index contributed by atoms with van der Waals surface area (Å²) in [6.45, 7) is 5.96. The SMILES string of the molecule is CCN(CC)c1ccc(/C=C/c2ccc(OS(=O)(=O)OCCCO)cc2)cc1. The highest BCUT2D eigenvalue weighted by molar-refractivity contribution is 7.82. The van der Waals surface area contributed by atoms with Crippen LogP contribution in [-0.2, 0) is 14.6 Å². The third-order valence-corrected chi connectivity index (χ3v) is 4.95. The second-order valence-electron chi connectivity index (χ2n) is 6.06. The fourth-order valence-electron chi connectivity index (χ4n) is 2.58. The van der Waals surface area contributed by atoms with Gasteiger partial charge in [-0.3, -0.25) is 0 Å². The molecule has 0 saturated carbocycles. The number of nitrogens with zero attached hydrogens (tertiary/aromatic N) is 1. The van der Waals surface area contributed by atoms with Gasteiger partial charge in [0, 0.05) is 25.4 Å². The minimum atomic E-state index is -4.12. The van der Waals surface area contributed by atoms with Crippen LogP contribution in [0.2, 0.25) is 0 Å². The van der Waals surface area contributed by atoms with Gasteiger partial charge in [-0.1, -0.05) is 36.4 Å². The second-order valence-corrected chi connectivity index (χ2v) is 7.28. The van der Waals surface area contributed by atoms with Crippen LogP contribution in [0.4, 0.5) is 5.69 Å². The summed E-state index contributed by atoms with van der Waals surface area (Å²) >= 11 is 0. The smallest absolute Gasteiger partial charge is 0.396 e. The van der Waals surface area contributed by atoms with Crippen molar-refractivity contribution in [1.82, 2.24) is 0 Å². The van der Waals surface area contributed by atoms with Crippen LogP contribution >= 0.6 is 0 Å². The molecule has 0 amide bonds. The zero-order valence-corrected chi connectivity index (χ0v) is 17.1. The summed E-state index contributed by atoms with van der Waals surface area (Å²) in [5, 5.41) is 8.65. The topological polar surface area (TPSA) is 76.1 Å². The van der Waals surface area contributed by atoms with Crippen molar-refractivity contribution in [2.75, 3.05) is 31.2 Å². The molecule has 0 aliphatic rings. The molecule has 28 heavy (non-hydrogen) atoms. The molecule has 0 heterocycles. The maximum absolute atomic E-state index is 11.6. The van der Waals surface area contributed by atoms with Crippen LogP contribution in [0.3, 0.4) is 0 Å². The van der Waals surface area contributed by atoms with Gasteiger partial charge in [0.05, 0.1) is 6.61 Å². The molecule has 152 valence electrons. The first-order valence-electron chi connectivity index (χ1n) is 9.30. The van der Waals surface area contributed by atoms with Gasteiger partial charge in [0.2, 0.25) is 0 Å². The van der Waals surface area contributed by atoms with Crippen molar-refractivity contribution in [3.8, 4) is 5.75 Å². The molecular formula is C21H27NO5S. The van der Waals surface area contributed by atoms with E-state index in [0.29, 0.717) is 0 Å². The van der Waals surface area contributed by atoms with Crippen molar-refractivity contribution in [1.29, 1.82) is 0 Å². The van der Waals surface area contributed by atoms with Crippen molar-refractivity contribution in [2.45, 2.75) is 20.3 Å². The van der Waals surface area contributed by atoms with Gasteiger partial charge in [0.1, 0.15) is 5.75 Å². The Morgan fingerprint density at radius 2 is 1.46 bits per heavy atom. The lowest BCUT2D eigenvalue weighted by Crippen LogP contribution is -2.21. The zero-order chi connectivity index (χ0) is 20.4. The highest BCUT2D eigenvalue weighted by Crippen LogP contribution is 2.19. The number of rotatable bonds is 11. The van der Waals surface area contributed by atoms with E-state index in [1.165, 1.54) is 5.69 Å². The van der Waals surface area contributed by atoms with Crippen LogP contribution in [0.5, 0.6) is 5.75 Å². The number of aliphatic hydroxyl groups is 1. The van der Waals surface area contributed by atoms with Gasteiger partial charge in [0.15, 0.2) is 0 Å². The van der Waals surface area contributed by atoms with Crippen LogP contribution < -0.4 is 9.08 Å². The average Bonchev–Trinajstić information content (AvgIpc) is 2.69. The van der Waals surface area contributed by atoms with E-state index >= 15 is 0 Å². The summed E-state index contributed by atoms with van der Waals surface area (Å²) in [4.78, 5) is 2.29. The van der Waals surface area contributed by atoms with Crippen LogP contribution in [-0.4, -0.2) is 39.8 Å². The Labute approximate surface area is 167 Å². The van der Waals surface area contributed by atoms with Crippen LogP contribution in [0.25, 0.3) is 12.2 Å². The van der Waals surface area contributed by atoms with Crippen molar-refractivity contribution >= 4 is 28.2 Å². The second kappa shape index (κ2) is 10.8. The lowest BCUT2D eigenvalue weighted by Gasteiger charge is -2.20. The summed E-state index contributed by atoms with van der Waals surface area (Å²) in [5.41, 5.74) is 3.20. The van der Waals surface area contributed by atoms with E-state index in [-0.39, 0.29) is 25.4 Å². The van der Waals surface area contributed by atoms with E-state index < -0.39 is 10.4 Å². The normalized spacial score (nSPS) is 11.7. The predicted molar refractivity (Wildman–Crippen MR) is 113 cm³/mol. The van der Waals surface area contributed by atoms with E-state index in [0.717, 1.165) is 24.2 Å². The molecule has 0 aliphatic carbocycles. The Kier molecular flexibility index (Phi) is 8.50. The van der Waals surface area contributed by atoms with E-state index in [1.807, 2.05) is 12.2 Å². The van der Waals surface area contributed by atoms with Crippen molar-refractivity contribution < 1.29 is 21.9 Å². The van der Waals surface area contributed by atoms with Crippen LogP contribution in [0.1, 0.15) is 31.4 Å². The summed E-state index contributed by atoms with van der Waals surface area (Å²) < 4.78 is 32.8. The van der Waals surface area contributed by atoms with E-state index in [2.05, 4.69) is 47.2 Å². The molecule has 2 aromatic carbocycles. The van der Waals surface area contributed by atoms with Gasteiger partial charge < -0.3 is 14.2 Å². The largest absolute Gasteiger partial charge is 0.449 e. The lowest BCUT2D eigenvalue weighted by molar-refractivity contribution is 0.221. The average molecular weight is 406 g/mol. The fraction of sp³-hybridized carbons (Fsp3) is 0.333. The minimum Gasteiger partial charge on any atom is -0.396 e. The first kappa shape index (κ1) is 21.9. The van der Waals surface area contributed by atoms with Crippen molar-refractivity contribution in [3.05, 3.63) is 59.7 Å². The summed E-state index contributed by atoms with van der Waals surface area (Å²) in [6.07, 6.45) is 4.17. The highest BCUT2D eigenvalue weighted by atomic mass is 32.3. The molecule has 7 heteroatoms. The maximum atomic E-state index is 11.6. The minimum absolute atomic E-state index is 0.118. The molecule has 2 aromatic rings. The quantitative estimate of drug-likeness (QED) is 0.454. The number of hydrogen-bond donors (Lipinski definition) is 1. The number of hydrogen-bond acceptors (Lipinski definition) is 6. The van der Waals surface area contributed by atoms with E-state index in [4.69, 9.17) is 9.29 Å². The Morgan fingerprint density at radius 3 is 1.96 bits per heavy atom. The Hall–Kier alpha value is -2.35. The Morgan fingerprint density at radius 1 is 0.929 bits per heavy atom. The summed E-state index contributed by atoms with van der Waals surface area (Å²) in [6, 6.07) is 15.0. The molecule has 0 aliphatic heterocycles. The van der Waals surface area contributed by atoms with Gasteiger partial charge in [-0.15, -0.1) is 0 Å². The number of aliphatic hydroxyl groups excluding tert-OH is 1. The van der Waals surface area contributed by atoms with Gasteiger partial charge in [0.25, 0.3) is 0 Å². The molecule has 0 unspecified atom stereocenters. The number of benzene rings is 2. The van der Waals surface area contributed by atoms with Gasteiger partial charge in [-0.2, -0.15) is 8.42 Å². The van der Waals surface area contributed by atoms with Crippen LogP contribution in [0.15, 0.2) is 48.5 Å².